The third kappa shape index (κ3) is 3.35. The van der Waals surface area contributed by atoms with Crippen LogP contribution in [0, 0.1) is 5.82 Å². The van der Waals surface area contributed by atoms with E-state index in [-0.39, 0.29) is 17.7 Å². The molecule has 7 heteroatoms. The number of carboxylic acid groups (broad SMARTS) is 1. The number of amides is 1. The summed E-state index contributed by atoms with van der Waals surface area (Å²) in [6.07, 6.45) is 3.57. The fourth-order valence-electron chi connectivity index (χ4n) is 1.52. The fraction of sp³-hybridized carbons (Fsp3) is 0.0769. The average Bonchev–Trinajstić information content (AvgIpc) is 2.45. The lowest BCUT2D eigenvalue weighted by atomic mass is 10.2. The Kier molecular flexibility index (Phi) is 3.99. The first-order valence-electron chi connectivity index (χ1n) is 5.63. The molecular weight excluding hydrogens is 265 g/mol. The molecule has 2 heterocycles. The van der Waals surface area contributed by atoms with Crippen LogP contribution in [0.25, 0.3) is 0 Å². The standard InChI is InChI=1S/C13H10FN3O3/c14-10-3-9(5-15-6-10)12(18)17-7-11-4-8(13(19)20)1-2-16-11/h1-6H,7H2,(H,17,18)(H,19,20). The number of hydrogen-bond donors (Lipinski definition) is 2. The van der Waals surface area contributed by atoms with Crippen LogP contribution in [0.2, 0.25) is 0 Å². The summed E-state index contributed by atoms with van der Waals surface area (Å²) < 4.78 is 12.9. The lowest BCUT2D eigenvalue weighted by molar-refractivity contribution is 0.0696. The third-order valence-corrected chi connectivity index (χ3v) is 2.46. The summed E-state index contributed by atoms with van der Waals surface area (Å²) in [6, 6.07) is 3.76. The van der Waals surface area contributed by atoms with Crippen LogP contribution in [0.4, 0.5) is 4.39 Å². The van der Waals surface area contributed by atoms with Crippen LogP contribution in [0.3, 0.4) is 0 Å². The van der Waals surface area contributed by atoms with Crippen LogP contribution in [0.5, 0.6) is 0 Å². The van der Waals surface area contributed by atoms with Crippen molar-refractivity contribution in [2.24, 2.45) is 0 Å². The zero-order valence-corrected chi connectivity index (χ0v) is 10.2. The van der Waals surface area contributed by atoms with Crippen LogP contribution in [0.15, 0.2) is 36.8 Å². The Morgan fingerprint density at radius 2 is 2.05 bits per heavy atom. The number of nitrogens with zero attached hydrogens (tertiary/aromatic N) is 2. The van der Waals surface area contributed by atoms with E-state index in [0.29, 0.717) is 5.69 Å². The van der Waals surface area contributed by atoms with Crippen molar-refractivity contribution in [1.29, 1.82) is 0 Å². The Balaban J connectivity index is 2.03. The van der Waals surface area contributed by atoms with E-state index in [0.717, 1.165) is 12.3 Å². The summed E-state index contributed by atoms with van der Waals surface area (Å²) in [5.74, 6) is -2.20. The number of carbonyl (C=O) groups excluding carboxylic acids is 1. The molecule has 102 valence electrons. The third-order valence-electron chi connectivity index (χ3n) is 2.46. The molecule has 0 atom stereocenters. The highest BCUT2D eigenvalue weighted by Crippen LogP contribution is 2.04. The molecule has 0 fully saturated rings. The molecule has 0 spiro atoms. The molecule has 6 nitrogen and oxygen atoms in total. The van der Waals surface area contributed by atoms with Crippen LogP contribution < -0.4 is 5.32 Å². The minimum Gasteiger partial charge on any atom is -0.478 e. The van der Waals surface area contributed by atoms with Gasteiger partial charge in [-0.25, -0.2) is 9.18 Å². The van der Waals surface area contributed by atoms with E-state index in [1.807, 2.05) is 0 Å². The first kappa shape index (κ1) is 13.6. The smallest absolute Gasteiger partial charge is 0.335 e. The van der Waals surface area contributed by atoms with Crippen molar-refractivity contribution in [3.8, 4) is 0 Å². The normalized spacial score (nSPS) is 10.1. The van der Waals surface area contributed by atoms with Crippen molar-refractivity contribution >= 4 is 11.9 Å². The molecule has 2 rings (SSSR count). The van der Waals surface area contributed by atoms with E-state index in [4.69, 9.17) is 5.11 Å². The topological polar surface area (TPSA) is 92.2 Å². The zero-order chi connectivity index (χ0) is 14.5. The van der Waals surface area contributed by atoms with Crippen molar-refractivity contribution in [2.45, 2.75) is 6.54 Å². The van der Waals surface area contributed by atoms with Crippen LogP contribution in [-0.2, 0) is 6.54 Å². The van der Waals surface area contributed by atoms with Gasteiger partial charge in [0.25, 0.3) is 5.91 Å². The Morgan fingerprint density at radius 1 is 1.25 bits per heavy atom. The van der Waals surface area contributed by atoms with Crippen LogP contribution in [-0.4, -0.2) is 27.0 Å². The highest BCUT2D eigenvalue weighted by molar-refractivity contribution is 5.93. The van der Waals surface area contributed by atoms with Crippen molar-refractivity contribution in [1.82, 2.24) is 15.3 Å². The average molecular weight is 275 g/mol. The van der Waals surface area contributed by atoms with Gasteiger partial charge < -0.3 is 10.4 Å². The Hall–Kier alpha value is -2.83. The molecule has 1 amide bonds. The Morgan fingerprint density at radius 3 is 2.75 bits per heavy atom. The lowest BCUT2D eigenvalue weighted by Gasteiger charge is -2.05. The minimum atomic E-state index is -1.07. The van der Waals surface area contributed by atoms with Crippen molar-refractivity contribution in [2.75, 3.05) is 0 Å². The predicted molar refractivity (Wildman–Crippen MR) is 66.6 cm³/mol. The van der Waals surface area contributed by atoms with Gasteiger partial charge in [0.15, 0.2) is 0 Å². The van der Waals surface area contributed by atoms with Crippen LogP contribution >= 0.6 is 0 Å². The molecule has 0 aromatic carbocycles. The lowest BCUT2D eigenvalue weighted by Crippen LogP contribution is -2.23. The molecule has 0 radical (unpaired) electrons. The maximum atomic E-state index is 12.9. The van der Waals surface area contributed by atoms with E-state index < -0.39 is 17.7 Å². The number of pyridine rings is 2. The van der Waals surface area contributed by atoms with Gasteiger partial charge in [0.2, 0.25) is 0 Å². The summed E-state index contributed by atoms with van der Waals surface area (Å²) in [5.41, 5.74) is 0.554. The summed E-state index contributed by atoms with van der Waals surface area (Å²) in [7, 11) is 0. The van der Waals surface area contributed by atoms with Crippen molar-refractivity contribution in [3.63, 3.8) is 0 Å². The Bertz CT molecular complexity index is 661. The van der Waals surface area contributed by atoms with Gasteiger partial charge in [-0.05, 0) is 18.2 Å². The maximum absolute atomic E-state index is 12.9. The first-order chi connectivity index (χ1) is 9.56. The number of aromatic nitrogens is 2. The molecule has 0 aliphatic rings. The largest absolute Gasteiger partial charge is 0.478 e. The van der Waals surface area contributed by atoms with Gasteiger partial charge in [-0.1, -0.05) is 0 Å². The fourth-order valence-corrected chi connectivity index (χ4v) is 1.52. The molecule has 0 aliphatic heterocycles. The highest BCUT2D eigenvalue weighted by atomic mass is 19.1. The number of nitrogens with one attached hydrogen (secondary N) is 1. The molecule has 2 aromatic rings. The number of carboxylic acids is 1. The van der Waals surface area contributed by atoms with Gasteiger partial charge >= 0.3 is 5.97 Å². The van der Waals surface area contributed by atoms with E-state index in [1.54, 1.807) is 0 Å². The maximum Gasteiger partial charge on any atom is 0.335 e. The van der Waals surface area contributed by atoms with E-state index in [2.05, 4.69) is 15.3 Å². The first-order valence-corrected chi connectivity index (χ1v) is 5.63. The number of halogens is 1. The zero-order valence-electron chi connectivity index (χ0n) is 10.2. The van der Waals surface area contributed by atoms with Gasteiger partial charge in [-0.15, -0.1) is 0 Å². The number of aromatic carboxylic acids is 1. The van der Waals surface area contributed by atoms with E-state index in [1.165, 1.54) is 24.5 Å². The predicted octanol–water partition coefficient (Wildman–Crippen LogP) is 1.24. The van der Waals surface area contributed by atoms with Crippen molar-refractivity contribution in [3.05, 3.63) is 59.4 Å². The summed E-state index contributed by atoms with van der Waals surface area (Å²) >= 11 is 0. The molecular formula is C13H10FN3O3. The molecule has 2 N–H and O–H groups in total. The molecule has 20 heavy (non-hydrogen) atoms. The van der Waals surface area contributed by atoms with Gasteiger partial charge in [0.05, 0.1) is 29.6 Å². The van der Waals surface area contributed by atoms with E-state index in [9.17, 15) is 14.0 Å². The van der Waals surface area contributed by atoms with Gasteiger partial charge in [0.1, 0.15) is 5.82 Å². The number of hydrogen-bond acceptors (Lipinski definition) is 4. The second kappa shape index (κ2) is 5.87. The molecule has 2 aromatic heterocycles. The van der Waals surface area contributed by atoms with Gasteiger partial charge in [-0.2, -0.15) is 0 Å². The Labute approximate surface area is 113 Å². The van der Waals surface area contributed by atoms with Crippen molar-refractivity contribution < 1.29 is 19.1 Å². The summed E-state index contributed by atoms with van der Waals surface area (Å²) in [4.78, 5) is 30.0. The molecule has 0 saturated carbocycles. The van der Waals surface area contributed by atoms with Crippen LogP contribution in [0.1, 0.15) is 26.4 Å². The molecule has 0 bridgehead atoms. The quantitative estimate of drug-likeness (QED) is 0.875. The molecule has 0 saturated heterocycles. The number of carbonyl (C=O) groups is 2. The molecule has 0 unspecified atom stereocenters. The second-order valence-corrected chi connectivity index (χ2v) is 3.92. The second-order valence-electron chi connectivity index (χ2n) is 3.92. The van der Waals surface area contributed by atoms with Gasteiger partial charge in [-0.3, -0.25) is 14.8 Å². The summed E-state index contributed by atoms with van der Waals surface area (Å²) in [5, 5.41) is 11.3. The SMILES string of the molecule is O=C(O)c1ccnc(CNC(=O)c2cncc(F)c2)c1. The number of rotatable bonds is 4. The van der Waals surface area contributed by atoms with E-state index >= 15 is 0 Å². The summed E-state index contributed by atoms with van der Waals surface area (Å²) in [6.45, 7) is 0.0382. The van der Waals surface area contributed by atoms with Gasteiger partial charge in [0, 0.05) is 12.4 Å². The highest BCUT2D eigenvalue weighted by Gasteiger charge is 2.08. The monoisotopic (exact) mass is 275 g/mol. The minimum absolute atomic E-state index is 0.0382. The molecule has 0 aliphatic carbocycles.